The third-order valence-corrected chi connectivity index (χ3v) is 6.82. The van der Waals surface area contributed by atoms with E-state index in [9.17, 15) is 0 Å². The molecule has 3 aromatic rings. The molecular weight excluding hydrogens is 394 g/mol. The normalized spacial score (nSPS) is 16.2. The van der Waals surface area contributed by atoms with E-state index in [2.05, 4.69) is 53.8 Å². The van der Waals surface area contributed by atoms with E-state index in [0.29, 0.717) is 12.1 Å². The Labute approximate surface area is 182 Å². The van der Waals surface area contributed by atoms with Crippen molar-refractivity contribution in [1.29, 1.82) is 0 Å². The summed E-state index contributed by atoms with van der Waals surface area (Å²) in [6.45, 7) is 4.25. The molecule has 2 saturated carbocycles. The fourth-order valence-electron chi connectivity index (χ4n) is 4.49. The number of aryl methyl sites for hydroxylation is 2. The third-order valence-electron chi connectivity index (χ3n) is 6.16. The molecular formula is C24H29N3O2S. The Bertz CT molecular complexity index is 1080. The van der Waals surface area contributed by atoms with Gasteiger partial charge in [-0.25, -0.2) is 4.52 Å². The quantitative estimate of drug-likeness (QED) is 0.470. The molecule has 0 spiro atoms. The molecule has 2 aromatic heterocycles. The lowest BCUT2D eigenvalue weighted by Crippen LogP contribution is -2.28. The second-order valence-corrected chi connectivity index (χ2v) is 9.23. The van der Waals surface area contributed by atoms with Crippen LogP contribution in [-0.2, 0) is 0 Å². The van der Waals surface area contributed by atoms with Gasteiger partial charge in [0.15, 0.2) is 0 Å². The first-order chi connectivity index (χ1) is 14.6. The Morgan fingerprint density at radius 2 is 1.60 bits per heavy atom. The summed E-state index contributed by atoms with van der Waals surface area (Å²) in [6.07, 6.45) is 7.30. The summed E-state index contributed by atoms with van der Waals surface area (Å²) in [6, 6.07) is 9.80. The number of hydrogen-bond acceptors (Lipinski definition) is 5. The number of fused-ring (bicyclic) bond motifs is 1. The lowest BCUT2D eigenvalue weighted by atomic mass is 10.0. The van der Waals surface area contributed by atoms with Crippen LogP contribution in [0.3, 0.4) is 0 Å². The Morgan fingerprint density at radius 1 is 1.00 bits per heavy atom. The zero-order valence-corrected chi connectivity index (χ0v) is 19.2. The van der Waals surface area contributed by atoms with E-state index in [4.69, 9.17) is 14.6 Å². The van der Waals surface area contributed by atoms with Gasteiger partial charge in [-0.2, -0.15) is 5.10 Å². The van der Waals surface area contributed by atoms with Gasteiger partial charge in [0.1, 0.15) is 16.5 Å². The van der Waals surface area contributed by atoms with Crippen molar-refractivity contribution in [2.75, 3.05) is 25.4 Å². The summed E-state index contributed by atoms with van der Waals surface area (Å²) in [4.78, 5) is 2.68. The van der Waals surface area contributed by atoms with Crippen LogP contribution in [0.5, 0.6) is 11.5 Å². The zero-order chi connectivity index (χ0) is 21.0. The monoisotopic (exact) mass is 423 g/mol. The van der Waals surface area contributed by atoms with Gasteiger partial charge in [-0.3, -0.25) is 0 Å². The Balaban J connectivity index is 1.80. The van der Waals surface area contributed by atoms with E-state index in [1.165, 1.54) is 42.5 Å². The van der Waals surface area contributed by atoms with Crippen molar-refractivity contribution in [2.24, 2.45) is 0 Å². The Hall–Kier alpha value is -2.34. The number of rotatable bonds is 7. The number of hydrogen-bond donors (Lipinski definition) is 0. The molecule has 158 valence electrons. The van der Waals surface area contributed by atoms with Crippen LogP contribution in [0.15, 0.2) is 29.3 Å². The molecule has 0 radical (unpaired) electrons. The summed E-state index contributed by atoms with van der Waals surface area (Å²) >= 11 is 1.74. The van der Waals surface area contributed by atoms with E-state index < -0.39 is 0 Å². The average Bonchev–Trinajstić information content (AvgIpc) is 3.67. The summed E-state index contributed by atoms with van der Waals surface area (Å²) in [5.74, 6) is 1.61. The van der Waals surface area contributed by atoms with Gasteiger partial charge in [-0.1, -0.05) is 6.07 Å². The van der Waals surface area contributed by atoms with Gasteiger partial charge in [0.05, 0.1) is 36.7 Å². The number of aromatic nitrogens is 2. The van der Waals surface area contributed by atoms with Crippen LogP contribution in [0, 0.1) is 13.8 Å². The van der Waals surface area contributed by atoms with Gasteiger partial charge in [0.2, 0.25) is 0 Å². The minimum atomic E-state index is 0.669. The average molecular weight is 424 g/mol. The molecule has 5 nitrogen and oxygen atoms in total. The van der Waals surface area contributed by atoms with Crippen LogP contribution in [0.2, 0.25) is 0 Å². The number of pyridine rings is 1. The Morgan fingerprint density at radius 3 is 2.10 bits per heavy atom. The fraction of sp³-hybridized carbons (Fsp3) is 0.458. The van der Waals surface area contributed by atoms with Crippen LogP contribution in [0.4, 0.5) is 5.69 Å². The predicted molar refractivity (Wildman–Crippen MR) is 124 cm³/mol. The van der Waals surface area contributed by atoms with E-state index in [1.54, 1.807) is 26.0 Å². The van der Waals surface area contributed by atoms with Gasteiger partial charge in [-0.15, -0.1) is 11.8 Å². The molecule has 2 fully saturated rings. The van der Waals surface area contributed by atoms with Crippen molar-refractivity contribution >= 4 is 23.0 Å². The summed E-state index contributed by atoms with van der Waals surface area (Å²) in [5, 5.41) is 6.22. The minimum Gasteiger partial charge on any atom is -0.496 e. The van der Waals surface area contributed by atoms with Crippen molar-refractivity contribution < 1.29 is 9.47 Å². The number of methoxy groups -OCH3 is 2. The highest BCUT2D eigenvalue weighted by molar-refractivity contribution is 7.98. The summed E-state index contributed by atoms with van der Waals surface area (Å²) in [7, 11) is 3.43. The molecule has 0 amide bonds. The highest BCUT2D eigenvalue weighted by atomic mass is 32.2. The maximum absolute atomic E-state index is 5.77. The van der Waals surface area contributed by atoms with E-state index >= 15 is 0 Å². The highest BCUT2D eigenvalue weighted by Gasteiger charge is 2.42. The topological polar surface area (TPSA) is 39.0 Å². The van der Waals surface area contributed by atoms with Crippen LogP contribution in [0.1, 0.15) is 36.8 Å². The molecule has 0 aliphatic heterocycles. The van der Waals surface area contributed by atoms with Crippen LogP contribution in [0.25, 0.3) is 16.8 Å². The smallest absolute Gasteiger partial charge is 0.142 e. The summed E-state index contributed by atoms with van der Waals surface area (Å²) < 4.78 is 13.7. The van der Waals surface area contributed by atoms with Gasteiger partial charge >= 0.3 is 0 Å². The first-order valence-electron chi connectivity index (χ1n) is 10.6. The van der Waals surface area contributed by atoms with Crippen molar-refractivity contribution in [3.63, 3.8) is 0 Å². The molecule has 0 unspecified atom stereocenters. The molecule has 2 aliphatic carbocycles. The molecule has 2 aliphatic rings. The lowest BCUT2D eigenvalue weighted by molar-refractivity contribution is 0.396. The Kier molecular flexibility index (Phi) is 4.85. The molecule has 0 bridgehead atoms. The maximum Gasteiger partial charge on any atom is 0.142 e. The number of ether oxygens (including phenoxy) is 2. The number of thioether (sulfide) groups is 1. The molecule has 2 heterocycles. The van der Waals surface area contributed by atoms with Crippen molar-refractivity contribution in [1.82, 2.24) is 9.61 Å². The second-order valence-electron chi connectivity index (χ2n) is 8.43. The van der Waals surface area contributed by atoms with Crippen molar-refractivity contribution in [3.8, 4) is 22.8 Å². The summed E-state index contributed by atoms with van der Waals surface area (Å²) in [5.41, 5.74) is 6.82. The number of anilines is 1. The molecule has 0 saturated heterocycles. The molecule has 1 aromatic carbocycles. The number of nitrogens with zero attached hydrogens (tertiary/aromatic N) is 3. The SMILES string of the molecule is COc1cc(C)cc(OC)c1-c1ccc(C)c2c(N(C3CC3)C3CC3)c(SC)nn12. The highest BCUT2D eigenvalue weighted by Crippen LogP contribution is 2.48. The molecule has 0 N–H and O–H groups in total. The number of benzene rings is 1. The van der Waals surface area contributed by atoms with Crippen LogP contribution in [-0.4, -0.2) is 42.2 Å². The first-order valence-corrected chi connectivity index (χ1v) is 11.9. The van der Waals surface area contributed by atoms with Gasteiger partial charge in [0.25, 0.3) is 0 Å². The predicted octanol–water partition coefficient (Wildman–Crippen LogP) is 5.49. The van der Waals surface area contributed by atoms with Crippen LogP contribution >= 0.6 is 11.8 Å². The largest absolute Gasteiger partial charge is 0.496 e. The third kappa shape index (κ3) is 3.13. The van der Waals surface area contributed by atoms with E-state index in [1.807, 2.05) is 0 Å². The standard InChI is InChI=1S/C24H29N3O2S/c1-14-12-19(28-3)21(20(13-14)29-4)18-11-6-15(2)22-23(24(30-5)25-27(18)22)26(16-7-8-16)17-9-10-17/h6,11-13,16-17H,7-10H2,1-5H3. The van der Waals surface area contributed by atoms with Gasteiger partial charge in [0, 0.05) is 12.1 Å². The van der Waals surface area contributed by atoms with E-state index in [-0.39, 0.29) is 0 Å². The fourth-order valence-corrected chi connectivity index (χ4v) is 5.05. The molecule has 30 heavy (non-hydrogen) atoms. The second kappa shape index (κ2) is 7.41. The van der Waals surface area contributed by atoms with E-state index in [0.717, 1.165) is 33.3 Å². The molecule has 5 rings (SSSR count). The lowest BCUT2D eigenvalue weighted by Gasteiger charge is -2.25. The van der Waals surface area contributed by atoms with Crippen molar-refractivity contribution in [3.05, 3.63) is 35.4 Å². The van der Waals surface area contributed by atoms with Crippen LogP contribution < -0.4 is 14.4 Å². The molecule has 6 heteroatoms. The molecule has 0 atom stereocenters. The first kappa shape index (κ1) is 19.6. The van der Waals surface area contributed by atoms with Gasteiger partial charge < -0.3 is 14.4 Å². The van der Waals surface area contributed by atoms with Crippen molar-refractivity contribution in [2.45, 2.75) is 56.6 Å². The minimum absolute atomic E-state index is 0.669. The zero-order valence-electron chi connectivity index (χ0n) is 18.4. The maximum atomic E-state index is 5.77. The van der Waals surface area contributed by atoms with Gasteiger partial charge in [-0.05, 0) is 75.1 Å².